The fourth-order valence-electron chi connectivity index (χ4n) is 3.18. The highest BCUT2D eigenvalue weighted by Gasteiger charge is 2.22. The molecule has 2 aromatic rings. The van der Waals surface area contributed by atoms with Crippen LogP contribution in [0.15, 0.2) is 54.6 Å². The Morgan fingerprint density at radius 1 is 0.952 bits per heavy atom. The molecule has 1 fully saturated rings. The molecule has 1 atom stereocenters. The molecular weight excluding hydrogens is 254 g/mol. The highest BCUT2D eigenvalue weighted by atomic mass is 14.9. The molecule has 1 aliphatic rings. The number of benzene rings is 2. The van der Waals surface area contributed by atoms with E-state index < -0.39 is 0 Å². The minimum absolute atomic E-state index is 0.519. The van der Waals surface area contributed by atoms with Crippen LogP contribution < -0.4 is 5.32 Å². The van der Waals surface area contributed by atoms with Gasteiger partial charge in [0.1, 0.15) is 0 Å². The molecule has 0 aromatic heterocycles. The van der Waals surface area contributed by atoms with Gasteiger partial charge in [-0.15, -0.1) is 0 Å². The molecule has 2 aromatic carbocycles. The molecule has 1 heteroatoms. The van der Waals surface area contributed by atoms with E-state index in [-0.39, 0.29) is 0 Å². The number of nitrogens with one attached hydrogen (secondary N) is 1. The summed E-state index contributed by atoms with van der Waals surface area (Å²) in [6, 6.07) is 20.2. The van der Waals surface area contributed by atoms with E-state index in [1.807, 2.05) is 0 Å². The average Bonchev–Trinajstić information content (AvgIpc) is 2.51. The van der Waals surface area contributed by atoms with Crippen LogP contribution >= 0.6 is 0 Å². The molecule has 1 aliphatic carbocycles. The van der Waals surface area contributed by atoms with Gasteiger partial charge in [0.2, 0.25) is 0 Å². The molecule has 0 bridgehead atoms. The highest BCUT2D eigenvalue weighted by molar-refractivity contribution is 5.63. The molecule has 0 radical (unpaired) electrons. The van der Waals surface area contributed by atoms with Gasteiger partial charge in [0.05, 0.1) is 0 Å². The van der Waals surface area contributed by atoms with E-state index >= 15 is 0 Å². The molecule has 1 saturated carbocycles. The van der Waals surface area contributed by atoms with Crippen molar-refractivity contribution < 1.29 is 0 Å². The zero-order valence-electron chi connectivity index (χ0n) is 12.9. The Balaban J connectivity index is 1.74. The fourth-order valence-corrected chi connectivity index (χ4v) is 3.18. The molecule has 0 aliphatic heterocycles. The first kappa shape index (κ1) is 14.3. The van der Waals surface area contributed by atoms with Crippen LogP contribution in [0.3, 0.4) is 0 Å². The quantitative estimate of drug-likeness (QED) is 0.767. The summed E-state index contributed by atoms with van der Waals surface area (Å²) in [5, 5.41) is 3.66. The lowest BCUT2D eigenvalue weighted by atomic mass is 9.79. The second kappa shape index (κ2) is 6.91. The molecule has 1 unspecified atom stereocenters. The van der Waals surface area contributed by atoms with E-state index in [1.165, 1.54) is 42.4 Å². The van der Waals surface area contributed by atoms with Crippen molar-refractivity contribution in [3.63, 3.8) is 0 Å². The lowest BCUT2D eigenvalue weighted by molar-refractivity contribution is 0.262. The normalized spacial score (nSPS) is 16.4. The van der Waals surface area contributed by atoms with Gasteiger partial charge in [0, 0.05) is 6.04 Å². The number of hydrogen-bond donors (Lipinski definition) is 1. The summed E-state index contributed by atoms with van der Waals surface area (Å²) in [5.74, 6) is 0.933. The second-order valence-electron chi connectivity index (χ2n) is 6.13. The smallest absolute Gasteiger partial charge is 0.0322 e. The SMILES string of the molecule is CCNC(CC1CCC1)c1ccc(-c2ccccc2)cc1. The monoisotopic (exact) mass is 279 g/mol. The third-order valence-electron chi connectivity index (χ3n) is 4.66. The fraction of sp³-hybridized carbons (Fsp3) is 0.400. The summed E-state index contributed by atoms with van der Waals surface area (Å²) >= 11 is 0. The predicted octanol–water partition coefficient (Wildman–Crippen LogP) is 5.19. The van der Waals surface area contributed by atoms with E-state index in [0.717, 1.165) is 12.5 Å². The van der Waals surface area contributed by atoms with Crippen molar-refractivity contribution in [2.24, 2.45) is 5.92 Å². The summed E-state index contributed by atoms with van der Waals surface area (Å²) in [5.41, 5.74) is 4.03. The minimum Gasteiger partial charge on any atom is -0.310 e. The van der Waals surface area contributed by atoms with E-state index in [9.17, 15) is 0 Å². The van der Waals surface area contributed by atoms with Gasteiger partial charge >= 0.3 is 0 Å². The maximum absolute atomic E-state index is 3.66. The summed E-state index contributed by atoms with van der Waals surface area (Å²) in [7, 11) is 0. The Bertz CT molecular complexity index is 540. The zero-order chi connectivity index (χ0) is 14.5. The van der Waals surface area contributed by atoms with E-state index in [4.69, 9.17) is 0 Å². The molecule has 3 rings (SSSR count). The maximum atomic E-state index is 3.66. The number of rotatable bonds is 6. The third kappa shape index (κ3) is 3.54. The third-order valence-corrected chi connectivity index (χ3v) is 4.66. The topological polar surface area (TPSA) is 12.0 Å². The van der Waals surface area contributed by atoms with E-state index in [2.05, 4.69) is 66.8 Å². The van der Waals surface area contributed by atoms with Gasteiger partial charge in [-0.3, -0.25) is 0 Å². The van der Waals surface area contributed by atoms with Gasteiger partial charge in [-0.2, -0.15) is 0 Å². The van der Waals surface area contributed by atoms with Gasteiger partial charge in [0.25, 0.3) is 0 Å². The van der Waals surface area contributed by atoms with Crippen molar-refractivity contribution in [1.82, 2.24) is 5.32 Å². The van der Waals surface area contributed by atoms with Gasteiger partial charge < -0.3 is 5.32 Å². The summed E-state index contributed by atoms with van der Waals surface area (Å²) in [4.78, 5) is 0. The Kier molecular flexibility index (Phi) is 4.72. The molecule has 21 heavy (non-hydrogen) atoms. The molecule has 0 heterocycles. The van der Waals surface area contributed by atoms with Crippen molar-refractivity contribution in [3.05, 3.63) is 60.2 Å². The first-order valence-electron chi connectivity index (χ1n) is 8.25. The van der Waals surface area contributed by atoms with Crippen LogP contribution in [0.2, 0.25) is 0 Å². The molecule has 1 nitrogen and oxygen atoms in total. The first-order valence-corrected chi connectivity index (χ1v) is 8.25. The van der Waals surface area contributed by atoms with Crippen LogP contribution in [-0.4, -0.2) is 6.54 Å². The molecule has 1 N–H and O–H groups in total. The van der Waals surface area contributed by atoms with Gasteiger partial charge in [-0.25, -0.2) is 0 Å². The maximum Gasteiger partial charge on any atom is 0.0322 e. The lowest BCUT2D eigenvalue weighted by Crippen LogP contribution is -2.25. The predicted molar refractivity (Wildman–Crippen MR) is 90.3 cm³/mol. The summed E-state index contributed by atoms with van der Waals surface area (Å²) < 4.78 is 0. The van der Waals surface area contributed by atoms with Gasteiger partial charge in [-0.05, 0) is 35.6 Å². The standard InChI is InChI=1S/C20H25N/c1-2-21-20(15-16-7-6-8-16)19-13-11-18(12-14-19)17-9-4-3-5-10-17/h3-5,9-14,16,20-21H,2,6-8,15H2,1H3. The van der Waals surface area contributed by atoms with Crippen LogP contribution in [-0.2, 0) is 0 Å². The Morgan fingerprint density at radius 2 is 1.62 bits per heavy atom. The largest absolute Gasteiger partial charge is 0.310 e. The number of hydrogen-bond acceptors (Lipinski definition) is 1. The van der Waals surface area contributed by atoms with Crippen molar-refractivity contribution in [1.29, 1.82) is 0 Å². The summed E-state index contributed by atoms with van der Waals surface area (Å²) in [6.07, 6.45) is 5.56. The van der Waals surface area contributed by atoms with Crippen LogP contribution in [0, 0.1) is 5.92 Å². The van der Waals surface area contributed by atoms with Crippen molar-refractivity contribution in [3.8, 4) is 11.1 Å². The van der Waals surface area contributed by atoms with Crippen LogP contribution in [0.4, 0.5) is 0 Å². The van der Waals surface area contributed by atoms with Gasteiger partial charge in [-0.1, -0.05) is 80.8 Å². The highest BCUT2D eigenvalue weighted by Crippen LogP contribution is 2.35. The Labute approximate surface area is 128 Å². The Morgan fingerprint density at radius 3 is 2.19 bits per heavy atom. The van der Waals surface area contributed by atoms with Crippen molar-refractivity contribution in [2.45, 2.75) is 38.6 Å². The molecule has 0 spiro atoms. The van der Waals surface area contributed by atoms with Gasteiger partial charge in [0.15, 0.2) is 0 Å². The summed E-state index contributed by atoms with van der Waals surface area (Å²) in [6.45, 7) is 3.24. The molecule has 0 amide bonds. The second-order valence-corrected chi connectivity index (χ2v) is 6.13. The zero-order valence-corrected chi connectivity index (χ0v) is 12.9. The van der Waals surface area contributed by atoms with Crippen molar-refractivity contribution >= 4 is 0 Å². The van der Waals surface area contributed by atoms with E-state index in [1.54, 1.807) is 0 Å². The van der Waals surface area contributed by atoms with Crippen LogP contribution in [0.1, 0.15) is 44.2 Å². The van der Waals surface area contributed by atoms with Crippen LogP contribution in [0.25, 0.3) is 11.1 Å². The van der Waals surface area contributed by atoms with Crippen molar-refractivity contribution in [2.75, 3.05) is 6.54 Å². The average molecular weight is 279 g/mol. The lowest BCUT2D eigenvalue weighted by Gasteiger charge is -2.30. The molecular formula is C20H25N. The molecule has 110 valence electrons. The van der Waals surface area contributed by atoms with E-state index in [0.29, 0.717) is 6.04 Å². The Hall–Kier alpha value is -1.60. The first-order chi connectivity index (χ1) is 10.4. The van der Waals surface area contributed by atoms with Crippen LogP contribution in [0.5, 0.6) is 0 Å². The minimum atomic E-state index is 0.519. The molecule has 0 saturated heterocycles.